The molecule has 104 valence electrons. The second kappa shape index (κ2) is 5.02. The Morgan fingerprint density at radius 2 is 1.78 bits per heavy atom. The molecule has 0 aliphatic carbocycles. The maximum absolute atomic E-state index is 5.86. The van der Waals surface area contributed by atoms with Gasteiger partial charge in [0.2, 0.25) is 0 Å². The van der Waals surface area contributed by atoms with E-state index in [0.29, 0.717) is 5.92 Å². The van der Waals surface area contributed by atoms with Crippen LogP contribution in [0, 0.1) is 17.8 Å². The SMILES string of the molecule is CCC(C)(C)C(C)c1oc(C)n[n+]1CC(C)(C)C. The number of hydrogen-bond donors (Lipinski definition) is 0. The molecule has 0 spiro atoms. The molecule has 0 bridgehead atoms. The summed E-state index contributed by atoms with van der Waals surface area (Å²) in [4.78, 5) is 0. The van der Waals surface area contributed by atoms with Crippen LogP contribution in [0.4, 0.5) is 0 Å². The Morgan fingerprint density at radius 1 is 1.22 bits per heavy atom. The predicted octanol–water partition coefficient (Wildman–Crippen LogP) is 3.86. The Bertz CT molecular complexity index is 399. The number of nitrogens with zero attached hydrogens (tertiary/aromatic N) is 2. The van der Waals surface area contributed by atoms with Gasteiger partial charge in [-0.15, -0.1) is 0 Å². The zero-order valence-electron chi connectivity index (χ0n) is 13.3. The Hall–Kier alpha value is -0.860. The second-order valence-corrected chi connectivity index (χ2v) is 7.24. The first-order chi connectivity index (χ1) is 8.07. The van der Waals surface area contributed by atoms with E-state index in [4.69, 9.17) is 4.42 Å². The molecular formula is C15H29N2O+. The highest BCUT2D eigenvalue weighted by Crippen LogP contribution is 2.36. The van der Waals surface area contributed by atoms with Crippen LogP contribution in [-0.4, -0.2) is 5.10 Å². The Labute approximate surface area is 112 Å². The Kier molecular flexibility index (Phi) is 4.24. The van der Waals surface area contributed by atoms with Crippen molar-refractivity contribution < 1.29 is 9.10 Å². The zero-order chi connectivity index (χ0) is 14.1. The molecule has 1 rings (SSSR count). The molecule has 0 saturated carbocycles. The largest absolute Gasteiger partial charge is 0.386 e. The molecule has 0 aliphatic heterocycles. The van der Waals surface area contributed by atoms with Crippen molar-refractivity contribution in [1.82, 2.24) is 5.10 Å². The van der Waals surface area contributed by atoms with Crippen LogP contribution in [0.25, 0.3) is 0 Å². The van der Waals surface area contributed by atoms with Crippen LogP contribution >= 0.6 is 0 Å². The molecule has 0 fully saturated rings. The molecule has 1 unspecified atom stereocenters. The number of hydrogen-bond acceptors (Lipinski definition) is 2. The van der Waals surface area contributed by atoms with Crippen LogP contribution in [0.5, 0.6) is 0 Å². The van der Waals surface area contributed by atoms with Crippen molar-refractivity contribution >= 4 is 0 Å². The van der Waals surface area contributed by atoms with Crippen LogP contribution < -0.4 is 4.68 Å². The van der Waals surface area contributed by atoms with Crippen molar-refractivity contribution in [2.75, 3.05) is 0 Å². The molecule has 0 saturated heterocycles. The van der Waals surface area contributed by atoms with Crippen molar-refractivity contribution in [2.24, 2.45) is 10.8 Å². The molecule has 3 nitrogen and oxygen atoms in total. The zero-order valence-corrected chi connectivity index (χ0v) is 13.3. The molecule has 1 heterocycles. The van der Waals surface area contributed by atoms with Gasteiger partial charge >= 0.3 is 5.89 Å². The molecule has 18 heavy (non-hydrogen) atoms. The van der Waals surface area contributed by atoms with Gasteiger partial charge < -0.3 is 4.42 Å². The molecule has 3 heteroatoms. The maximum Gasteiger partial charge on any atom is 0.377 e. The lowest BCUT2D eigenvalue weighted by atomic mass is 9.77. The van der Waals surface area contributed by atoms with Crippen molar-refractivity contribution in [1.29, 1.82) is 0 Å². The summed E-state index contributed by atoms with van der Waals surface area (Å²) in [6.45, 7) is 18.5. The van der Waals surface area contributed by atoms with Gasteiger partial charge in [0.05, 0.1) is 5.92 Å². The van der Waals surface area contributed by atoms with Gasteiger partial charge in [-0.3, -0.25) is 0 Å². The minimum Gasteiger partial charge on any atom is -0.386 e. The first-order valence-electron chi connectivity index (χ1n) is 6.94. The fourth-order valence-corrected chi connectivity index (χ4v) is 1.96. The van der Waals surface area contributed by atoms with E-state index < -0.39 is 0 Å². The van der Waals surface area contributed by atoms with E-state index in [0.717, 1.165) is 24.7 Å². The third-order valence-electron chi connectivity index (χ3n) is 3.85. The van der Waals surface area contributed by atoms with Crippen LogP contribution in [0.3, 0.4) is 0 Å². The Morgan fingerprint density at radius 3 is 2.22 bits per heavy atom. The number of rotatable bonds is 4. The van der Waals surface area contributed by atoms with E-state index in [2.05, 4.69) is 58.2 Å². The fraction of sp³-hybridized carbons (Fsp3) is 0.867. The van der Waals surface area contributed by atoms with Crippen molar-refractivity contribution in [3.05, 3.63) is 11.8 Å². The summed E-state index contributed by atoms with van der Waals surface area (Å²) in [7, 11) is 0. The summed E-state index contributed by atoms with van der Waals surface area (Å²) >= 11 is 0. The topological polar surface area (TPSA) is 29.9 Å². The molecule has 0 aliphatic rings. The third-order valence-corrected chi connectivity index (χ3v) is 3.85. The minimum atomic E-state index is 0.207. The lowest BCUT2D eigenvalue weighted by Gasteiger charge is -2.26. The van der Waals surface area contributed by atoms with E-state index in [-0.39, 0.29) is 10.8 Å². The monoisotopic (exact) mass is 253 g/mol. The summed E-state index contributed by atoms with van der Waals surface area (Å²) in [5, 5.41) is 4.51. The summed E-state index contributed by atoms with van der Waals surface area (Å²) in [6.07, 6.45) is 1.13. The van der Waals surface area contributed by atoms with Crippen molar-refractivity contribution in [3.8, 4) is 0 Å². The van der Waals surface area contributed by atoms with E-state index in [9.17, 15) is 0 Å². The fourth-order valence-electron chi connectivity index (χ4n) is 1.96. The van der Waals surface area contributed by atoms with Gasteiger partial charge in [0.25, 0.3) is 5.89 Å². The van der Waals surface area contributed by atoms with Crippen molar-refractivity contribution in [2.45, 2.75) is 74.3 Å². The summed E-state index contributed by atoms with van der Waals surface area (Å²) in [5.41, 5.74) is 0.435. The number of aromatic nitrogens is 2. The van der Waals surface area contributed by atoms with E-state index >= 15 is 0 Å². The normalized spacial score (nSPS) is 14.9. The van der Waals surface area contributed by atoms with Gasteiger partial charge in [0.15, 0.2) is 6.54 Å². The van der Waals surface area contributed by atoms with Gasteiger partial charge in [-0.05, 0) is 12.3 Å². The summed E-state index contributed by atoms with van der Waals surface area (Å²) in [5.74, 6) is 2.13. The standard InChI is InChI=1S/C15H29N2O/c1-9-15(7,8)11(2)13-17(10-14(4,5)6)16-12(3)18-13/h11H,9-10H2,1-8H3/q+1. The first kappa shape index (κ1) is 15.2. The Balaban J connectivity index is 3.09. The molecule has 0 amide bonds. The van der Waals surface area contributed by atoms with Crippen LogP contribution in [0.15, 0.2) is 4.42 Å². The molecule has 0 aromatic carbocycles. The van der Waals surface area contributed by atoms with E-state index in [1.807, 2.05) is 6.92 Å². The molecule has 1 atom stereocenters. The molecule has 0 N–H and O–H groups in total. The van der Waals surface area contributed by atoms with Gasteiger partial charge in [-0.2, -0.15) is 0 Å². The smallest absolute Gasteiger partial charge is 0.377 e. The van der Waals surface area contributed by atoms with Crippen molar-refractivity contribution in [3.63, 3.8) is 0 Å². The molecule has 1 aromatic rings. The minimum absolute atomic E-state index is 0.207. The maximum atomic E-state index is 5.86. The lowest BCUT2D eigenvalue weighted by molar-refractivity contribution is -0.772. The van der Waals surface area contributed by atoms with Gasteiger partial charge in [-0.25, -0.2) is 0 Å². The highest BCUT2D eigenvalue weighted by atomic mass is 16.4. The van der Waals surface area contributed by atoms with Crippen LogP contribution in [-0.2, 0) is 6.54 Å². The highest BCUT2D eigenvalue weighted by molar-refractivity contribution is 4.91. The average molecular weight is 253 g/mol. The van der Waals surface area contributed by atoms with E-state index in [1.54, 1.807) is 0 Å². The quantitative estimate of drug-likeness (QED) is 0.763. The lowest BCUT2D eigenvalue weighted by Crippen LogP contribution is -2.46. The third kappa shape index (κ3) is 3.56. The molecular weight excluding hydrogens is 224 g/mol. The number of aryl methyl sites for hydroxylation is 1. The highest BCUT2D eigenvalue weighted by Gasteiger charge is 2.37. The van der Waals surface area contributed by atoms with Crippen LogP contribution in [0.1, 0.15) is 72.6 Å². The summed E-state index contributed by atoms with van der Waals surface area (Å²) in [6, 6.07) is 0. The summed E-state index contributed by atoms with van der Waals surface area (Å²) < 4.78 is 7.92. The molecule has 1 aromatic heterocycles. The van der Waals surface area contributed by atoms with Crippen LogP contribution in [0.2, 0.25) is 0 Å². The van der Waals surface area contributed by atoms with Gasteiger partial charge in [0, 0.05) is 17.4 Å². The van der Waals surface area contributed by atoms with E-state index in [1.165, 1.54) is 0 Å². The second-order valence-electron chi connectivity index (χ2n) is 7.24. The van der Waals surface area contributed by atoms with Gasteiger partial charge in [0.1, 0.15) is 0 Å². The van der Waals surface area contributed by atoms with Gasteiger partial charge in [-0.1, -0.05) is 52.6 Å². The molecule has 0 radical (unpaired) electrons. The predicted molar refractivity (Wildman–Crippen MR) is 73.4 cm³/mol. The first-order valence-corrected chi connectivity index (χ1v) is 6.94. The average Bonchev–Trinajstić information content (AvgIpc) is 2.55.